The molecule has 8 nitrogen and oxygen atoms in total. The van der Waals surface area contributed by atoms with Gasteiger partial charge in [0, 0.05) is 17.8 Å². The van der Waals surface area contributed by atoms with Gasteiger partial charge in [0.25, 0.3) is 0 Å². The van der Waals surface area contributed by atoms with Gasteiger partial charge in [-0.2, -0.15) is 0 Å². The Labute approximate surface area is 166 Å². The molecule has 0 bridgehead atoms. The summed E-state index contributed by atoms with van der Waals surface area (Å²) in [6, 6.07) is 0. The van der Waals surface area contributed by atoms with Crippen molar-refractivity contribution in [2.24, 2.45) is 0 Å². The average Bonchev–Trinajstić information content (AvgIpc) is 3.26. The van der Waals surface area contributed by atoms with Crippen LogP contribution in [0.5, 0.6) is 0 Å². The van der Waals surface area contributed by atoms with Gasteiger partial charge in [-0.15, -0.1) is 21.5 Å². The monoisotopic (exact) mass is 409 g/mol. The molecule has 10 heteroatoms. The molecule has 0 saturated heterocycles. The van der Waals surface area contributed by atoms with E-state index in [4.69, 9.17) is 4.74 Å². The van der Waals surface area contributed by atoms with E-state index in [1.165, 1.54) is 35.9 Å². The molecular weight excluding hydrogens is 386 g/mol. The lowest BCUT2D eigenvalue weighted by atomic mass is 10.3. The fraction of sp³-hybridized carbons (Fsp3) is 0.588. The number of rotatable bonds is 10. The van der Waals surface area contributed by atoms with Crippen molar-refractivity contribution in [2.45, 2.75) is 57.1 Å². The molecule has 146 valence electrons. The summed E-state index contributed by atoms with van der Waals surface area (Å²) < 4.78 is 7.03. The van der Waals surface area contributed by atoms with Gasteiger partial charge in [-0.05, 0) is 26.2 Å². The minimum absolute atomic E-state index is 0.110. The van der Waals surface area contributed by atoms with Crippen LogP contribution in [0.15, 0.2) is 10.5 Å². The minimum atomic E-state index is -0.321. The number of ether oxygens (including phenoxy) is 1. The van der Waals surface area contributed by atoms with Gasteiger partial charge in [0.2, 0.25) is 5.91 Å². The molecule has 2 aromatic rings. The third-order valence-electron chi connectivity index (χ3n) is 3.90. The molecule has 0 aromatic carbocycles. The van der Waals surface area contributed by atoms with E-state index in [1.807, 2.05) is 0 Å². The third-order valence-corrected chi connectivity index (χ3v) is 5.67. The van der Waals surface area contributed by atoms with Crippen LogP contribution < -0.4 is 5.32 Å². The molecule has 3 rings (SSSR count). The predicted molar refractivity (Wildman–Crippen MR) is 104 cm³/mol. The summed E-state index contributed by atoms with van der Waals surface area (Å²) in [6.07, 6.45) is 3.45. The number of carbonyl (C=O) groups excluding carboxylic acids is 2. The van der Waals surface area contributed by atoms with Crippen LogP contribution >= 0.6 is 23.1 Å². The van der Waals surface area contributed by atoms with Crippen LogP contribution in [0.4, 0.5) is 5.13 Å². The number of anilines is 1. The van der Waals surface area contributed by atoms with Crippen LogP contribution in [0, 0.1) is 0 Å². The topological polar surface area (TPSA) is 99.0 Å². The van der Waals surface area contributed by atoms with Crippen LogP contribution in [-0.2, 0) is 27.3 Å². The number of hydrogen-bond acceptors (Lipinski definition) is 8. The summed E-state index contributed by atoms with van der Waals surface area (Å²) in [5.74, 6) is 1.33. The zero-order valence-corrected chi connectivity index (χ0v) is 17.1. The van der Waals surface area contributed by atoms with E-state index in [0.717, 1.165) is 23.9 Å². The first kappa shape index (κ1) is 19.8. The SMILES string of the molecule is CCCn1c(SCC(=O)Nc2nc(CC(=O)OCC)cs2)nnc1C1CC1. The normalized spacial score (nSPS) is 13.6. The van der Waals surface area contributed by atoms with Gasteiger partial charge in [-0.3, -0.25) is 9.59 Å². The first-order valence-electron chi connectivity index (χ1n) is 9.06. The summed E-state index contributed by atoms with van der Waals surface area (Å²) in [5.41, 5.74) is 0.596. The lowest BCUT2D eigenvalue weighted by Crippen LogP contribution is -2.15. The van der Waals surface area contributed by atoms with E-state index in [-0.39, 0.29) is 24.1 Å². The summed E-state index contributed by atoms with van der Waals surface area (Å²) in [6.45, 7) is 5.09. The quantitative estimate of drug-likeness (QED) is 0.476. The van der Waals surface area contributed by atoms with E-state index in [0.29, 0.717) is 23.4 Å². The number of thioether (sulfide) groups is 1. The van der Waals surface area contributed by atoms with E-state index < -0.39 is 0 Å². The number of nitrogens with zero attached hydrogens (tertiary/aromatic N) is 4. The highest BCUT2D eigenvalue weighted by molar-refractivity contribution is 7.99. The van der Waals surface area contributed by atoms with Crippen molar-refractivity contribution >= 4 is 40.1 Å². The van der Waals surface area contributed by atoms with Gasteiger partial charge in [-0.1, -0.05) is 18.7 Å². The maximum absolute atomic E-state index is 12.2. The highest BCUT2D eigenvalue weighted by Gasteiger charge is 2.30. The Morgan fingerprint density at radius 1 is 1.37 bits per heavy atom. The van der Waals surface area contributed by atoms with Crippen molar-refractivity contribution in [3.63, 3.8) is 0 Å². The second-order valence-electron chi connectivity index (χ2n) is 6.23. The Kier molecular flexibility index (Phi) is 6.84. The first-order valence-corrected chi connectivity index (χ1v) is 10.9. The van der Waals surface area contributed by atoms with Gasteiger partial charge in [0.1, 0.15) is 5.82 Å². The van der Waals surface area contributed by atoms with Crippen LogP contribution in [0.25, 0.3) is 0 Å². The second-order valence-corrected chi connectivity index (χ2v) is 8.03. The van der Waals surface area contributed by atoms with Crippen molar-refractivity contribution in [3.8, 4) is 0 Å². The smallest absolute Gasteiger partial charge is 0.311 e. The molecule has 1 aliphatic rings. The highest BCUT2D eigenvalue weighted by Crippen LogP contribution is 2.40. The Hall–Kier alpha value is -1.94. The van der Waals surface area contributed by atoms with Gasteiger partial charge in [0.05, 0.1) is 24.5 Å². The molecule has 2 heterocycles. The van der Waals surface area contributed by atoms with Crippen molar-refractivity contribution in [1.29, 1.82) is 0 Å². The van der Waals surface area contributed by atoms with Gasteiger partial charge in [-0.25, -0.2) is 4.98 Å². The summed E-state index contributed by atoms with van der Waals surface area (Å²) in [7, 11) is 0. The van der Waals surface area contributed by atoms with E-state index >= 15 is 0 Å². The van der Waals surface area contributed by atoms with Crippen molar-refractivity contribution in [1.82, 2.24) is 19.7 Å². The van der Waals surface area contributed by atoms with Crippen LogP contribution in [0.2, 0.25) is 0 Å². The fourth-order valence-corrected chi connectivity index (χ4v) is 4.07. The molecule has 1 saturated carbocycles. The summed E-state index contributed by atoms with van der Waals surface area (Å²) in [4.78, 5) is 28.0. The molecule has 27 heavy (non-hydrogen) atoms. The van der Waals surface area contributed by atoms with Crippen LogP contribution in [0.3, 0.4) is 0 Å². The van der Waals surface area contributed by atoms with E-state index in [2.05, 4.69) is 32.0 Å². The zero-order chi connectivity index (χ0) is 19.2. The number of hydrogen-bond donors (Lipinski definition) is 1. The van der Waals surface area contributed by atoms with Crippen LogP contribution in [-0.4, -0.2) is 44.0 Å². The molecule has 0 radical (unpaired) electrons. The van der Waals surface area contributed by atoms with Gasteiger partial charge < -0.3 is 14.6 Å². The highest BCUT2D eigenvalue weighted by atomic mass is 32.2. The van der Waals surface area contributed by atoms with E-state index in [1.54, 1.807) is 12.3 Å². The van der Waals surface area contributed by atoms with Crippen molar-refractivity contribution in [3.05, 3.63) is 16.9 Å². The number of aromatic nitrogens is 4. The molecular formula is C17H23N5O3S2. The molecule has 0 atom stereocenters. The number of esters is 1. The van der Waals surface area contributed by atoms with Crippen molar-refractivity contribution < 1.29 is 14.3 Å². The number of amides is 1. The first-order chi connectivity index (χ1) is 13.1. The molecule has 2 aromatic heterocycles. The molecule has 0 spiro atoms. The Morgan fingerprint density at radius 2 is 2.19 bits per heavy atom. The Balaban J connectivity index is 1.51. The Bertz CT molecular complexity index is 800. The molecule has 1 fully saturated rings. The largest absolute Gasteiger partial charge is 0.466 e. The maximum Gasteiger partial charge on any atom is 0.311 e. The summed E-state index contributed by atoms with van der Waals surface area (Å²) in [5, 5.41) is 14.4. The number of nitrogens with one attached hydrogen (secondary N) is 1. The minimum Gasteiger partial charge on any atom is -0.466 e. The predicted octanol–water partition coefficient (Wildman–Crippen LogP) is 2.86. The molecule has 1 amide bonds. The molecule has 0 aliphatic heterocycles. The molecule has 1 N–H and O–H groups in total. The number of thiazole rings is 1. The van der Waals surface area contributed by atoms with Crippen LogP contribution in [0.1, 0.15) is 50.5 Å². The van der Waals surface area contributed by atoms with Crippen molar-refractivity contribution in [2.75, 3.05) is 17.7 Å². The second kappa shape index (κ2) is 9.32. The lowest BCUT2D eigenvalue weighted by molar-refractivity contribution is -0.142. The molecule has 0 unspecified atom stereocenters. The maximum atomic E-state index is 12.2. The van der Waals surface area contributed by atoms with Gasteiger partial charge >= 0.3 is 5.97 Å². The standard InChI is InChI=1S/C17H23N5O3S2/c1-3-7-22-15(11-5-6-11)20-21-17(22)27-10-13(23)19-16-18-12(9-26-16)8-14(24)25-4-2/h9,11H,3-8,10H2,1-2H3,(H,18,19,23). The zero-order valence-electron chi connectivity index (χ0n) is 15.4. The average molecular weight is 410 g/mol. The lowest BCUT2D eigenvalue weighted by Gasteiger charge is -2.07. The summed E-state index contributed by atoms with van der Waals surface area (Å²) >= 11 is 2.68. The Morgan fingerprint density at radius 3 is 2.89 bits per heavy atom. The van der Waals surface area contributed by atoms with E-state index in [9.17, 15) is 9.59 Å². The number of carbonyl (C=O) groups is 2. The third kappa shape index (κ3) is 5.52. The molecule has 1 aliphatic carbocycles. The fourth-order valence-electron chi connectivity index (χ4n) is 2.58. The van der Waals surface area contributed by atoms with Gasteiger partial charge in [0.15, 0.2) is 10.3 Å².